The van der Waals surface area contributed by atoms with Crippen molar-refractivity contribution in [2.24, 2.45) is 50.2 Å². The summed E-state index contributed by atoms with van der Waals surface area (Å²) in [5.74, 6) is 2.21. The Labute approximate surface area is 192 Å². The number of fused-ring (bicyclic) bond motifs is 7. The molecule has 0 heterocycles. The van der Waals surface area contributed by atoms with E-state index in [-0.39, 0.29) is 11.5 Å². The molecule has 0 saturated heterocycles. The Morgan fingerprint density at radius 1 is 0.774 bits per heavy atom. The van der Waals surface area contributed by atoms with E-state index in [1.807, 2.05) is 5.57 Å². The third kappa shape index (κ3) is 2.77. The summed E-state index contributed by atoms with van der Waals surface area (Å²) in [4.78, 5) is 0. The van der Waals surface area contributed by atoms with Crippen LogP contribution in [0, 0.1) is 50.2 Å². The van der Waals surface area contributed by atoms with Crippen molar-refractivity contribution in [3.8, 4) is 0 Å². The zero-order chi connectivity index (χ0) is 22.7. The Hall–Kier alpha value is -0.300. The fourth-order valence-electron chi connectivity index (χ4n) is 10.5. The van der Waals surface area contributed by atoms with Crippen LogP contribution in [0.4, 0.5) is 0 Å². The van der Waals surface area contributed by atoms with E-state index in [0.29, 0.717) is 33.0 Å². The van der Waals surface area contributed by atoms with Gasteiger partial charge in [0.15, 0.2) is 0 Å². The van der Waals surface area contributed by atoms with E-state index in [1.54, 1.807) is 0 Å². The Morgan fingerprint density at radius 2 is 1.45 bits per heavy atom. The molecule has 4 fully saturated rings. The number of hydrogen-bond donors (Lipinski definition) is 1. The van der Waals surface area contributed by atoms with E-state index < -0.39 is 0 Å². The first-order valence-electron chi connectivity index (χ1n) is 13.6. The summed E-state index contributed by atoms with van der Waals surface area (Å²) in [6.45, 7) is 20.4. The van der Waals surface area contributed by atoms with Crippen molar-refractivity contribution in [1.82, 2.24) is 0 Å². The maximum atomic E-state index is 10.9. The zero-order valence-corrected chi connectivity index (χ0v) is 21.9. The molecule has 1 N–H and O–H groups in total. The first-order valence-corrected chi connectivity index (χ1v) is 13.6. The zero-order valence-electron chi connectivity index (χ0n) is 21.9. The largest absolute Gasteiger partial charge is 0.393 e. The Morgan fingerprint density at radius 3 is 2.16 bits per heavy atom. The van der Waals surface area contributed by atoms with E-state index in [9.17, 15) is 5.11 Å². The third-order valence-electron chi connectivity index (χ3n) is 13.0. The molecule has 0 aromatic carbocycles. The second-order valence-corrected chi connectivity index (χ2v) is 15.2. The van der Waals surface area contributed by atoms with Crippen LogP contribution in [0.25, 0.3) is 0 Å². The highest BCUT2D eigenvalue weighted by atomic mass is 16.3. The number of aliphatic hydroxyl groups is 1. The normalized spacial score (nSPS) is 55.2. The number of allylic oxidation sites excluding steroid dienone is 2. The van der Waals surface area contributed by atoms with Gasteiger partial charge in [0.1, 0.15) is 0 Å². The van der Waals surface area contributed by atoms with Crippen LogP contribution >= 0.6 is 0 Å². The van der Waals surface area contributed by atoms with Gasteiger partial charge in [-0.15, -0.1) is 0 Å². The molecule has 0 bridgehead atoms. The fourth-order valence-corrected chi connectivity index (χ4v) is 10.5. The maximum Gasteiger partial charge on any atom is 0.0594 e. The minimum absolute atomic E-state index is 0.0533. The van der Waals surface area contributed by atoms with Gasteiger partial charge in [-0.05, 0) is 114 Å². The van der Waals surface area contributed by atoms with Crippen LogP contribution in [-0.4, -0.2) is 11.2 Å². The van der Waals surface area contributed by atoms with Gasteiger partial charge >= 0.3 is 0 Å². The quantitative estimate of drug-likeness (QED) is 0.387. The minimum atomic E-state index is -0.125. The third-order valence-corrected chi connectivity index (χ3v) is 13.0. The lowest BCUT2D eigenvalue weighted by Crippen LogP contribution is -2.64. The van der Waals surface area contributed by atoms with Crippen molar-refractivity contribution >= 4 is 0 Å². The van der Waals surface area contributed by atoms with Gasteiger partial charge in [-0.2, -0.15) is 0 Å². The van der Waals surface area contributed by atoms with E-state index >= 15 is 0 Å². The molecule has 0 aliphatic heterocycles. The second kappa shape index (κ2) is 6.43. The van der Waals surface area contributed by atoms with Crippen molar-refractivity contribution in [2.75, 3.05) is 0 Å². The topological polar surface area (TPSA) is 20.2 Å². The van der Waals surface area contributed by atoms with Crippen molar-refractivity contribution in [3.05, 3.63) is 11.6 Å². The summed E-state index contributed by atoms with van der Waals surface area (Å²) in [5, 5.41) is 10.9. The Kier molecular flexibility index (Phi) is 4.66. The summed E-state index contributed by atoms with van der Waals surface area (Å²) in [5.41, 5.74) is 4.09. The van der Waals surface area contributed by atoms with Crippen LogP contribution in [0.15, 0.2) is 11.6 Å². The van der Waals surface area contributed by atoms with Crippen LogP contribution in [0.2, 0.25) is 0 Å². The van der Waals surface area contributed by atoms with Gasteiger partial charge in [-0.25, -0.2) is 0 Å². The average Bonchev–Trinajstić information content (AvgIpc) is 2.67. The van der Waals surface area contributed by atoms with Crippen molar-refractivity contribution in [2.45, 2.75) is 126 Å². The highest BCUT2D eigenvalue weighted by molar-refractivity contribution is 5.33. The van der Waals surface area contributed by atoms with Crippen molar-refractivity contribution in [3.63, 3.8) is 0 Å². The van der Waals surface area contributed by atoms with Crippen LogP contribution in [-0.2, 0) is 0 Å². The molecule has 0 amide bonds. The summed E-state index contributed by atoms with van der Waals surface area (Å²) in [6.07, 6.45) is 15.9. The van der Waals surface area contributed by atoms with Crippen LogP contribution < -0.4 is 0 Å². The molecule has 1 heteroatoms. The number of rotatable bonds is 0. The predicted octanol–water partition coefficient (Wildman–Crippen LogP) is 8.17. The van der Waals surface area contributed by atoms with E-state index in [4.69, 9.17) is 0 Å². The highest BCUT2D eigenvalue weighted by Gasteiger charge is 2.67. The van der Waals surface area contributed by atoms with Gasteiger partial charge in [-0.1, -0.05) is 67.0 Å². The lowest BCUT2D eigenvalue weighted by molar-refractivity contribution is -0.202. The van der Waals surface area contributed by atoms with Gasteiger partial charge < -0.3 is 5.11 Å². The van der Waals surface area contributed by atoms with E-state index in [2.05, 4.69) is 61.5 Å². The molecular formula is C30H50O. The lowest BCUT2D eigenvalue weighted by atomic mass is 9.33. The van der Waals surface area contributed by atoms with Gasteiger partial charge in [0.25, 0.3) is 0 Å². The first kappa shape index (κ1) is 22.5. The smallest absolute Gasteiger partial charge is 0.0594 e. The van der Waals surface area contributed by atoms with Crippen LogP contribution in [0.1, 0.15) is 120 Å². The maximum absolute atomic E-state index is 10.9. The molecule has 5 rings (SSSR count). The predicted molar refractivity (Wildman–Crippen MR) is 131 cm³/mol. The summed E-state index contributed by atoms with van der Waals surface area (Å²) < 4.78 is 0. The SMILES string of the molecule is CC1(C)CC[C@@]2(C)CC[C@@]3(C)C(=CC[C@@H]4[C@]5(C)CC[C@H](O)C(C)(C)[C@@H]5CC[C@@]43C)[C@H]2C1. The first-order chi connectivity index (χ1) is 14.2. The molecule has 0 aromatic rings. The van der Waals surface area contributed by atoms with Crippen molar-refractivity contribution < 1.29 is 5.11 Å². The minimum Gasteiger partial charge on any atom is -0.393 e. The van der Waals surface area contributed by atoms with E-state index in [0.717, 1.165) is 18.3 Å². The number of hydrogen-bond acceptors (Lipinski definition) is 1. The molecule has 4 saturated carbocycles. The molecular weight excluding hydrogens is 376 g/mol. The molecule has 5 aliphatic rings. The summed E-state index contributed by atoms with van der Waals surface area (Å²) in [6, 6.07) is 0. The van der Waals surface area contributed by atoms with Crippen LogP contribution in [0.3, 0.4) is 0 Å². The molecule has 31 heavy (non-hydrogen) atoms. The molecule has 0 spiro atoms. The molecule has 1 nitrogen and oxygen atoms in total. The standard InChI is InChI=1S/C30H50O/c1-25(2)15-16-27(5)17-18-29(7)20(21(27)19-25)9-10-23-28(6)13-12-24(31)26(3,4)22(28)11-14-30(23,29)8/h9,21-24,31H,10-19H2,1-8H3/t21-,22+,23-,24+,27+,28-,29+,30+/m1/s1. The van der Waals surface area contributed by atoms with Gasteiger partial charge in [0.05, 0.1) is 6.10 Å². The van der Waals surface area contributed by atoms with Gasteiger partial charge in [0, 0.05) is 0 Å². The second-order valence-electron chi connectivity index (χ2n) is 15.2. The number of aliphatic hydroxyl groups excluding tert-OH is 1. The van der Waals surface area contributed by atoms with Crippen molar-refractivity contribution in [1.29, 1.82) is 0 Å². The summed E-state index contributed by atoms with van der Waals surface area (Å²) >= 11 is 0. The monoisotopic (exact) mass is 426 g/mol. The molecule has 0 radical (unpaired) electrons. The lowest BCUT2D eigenvalue weighted by Gasteiger charge is -2.71. The van der Waals surface area contributed by atoms with E-state index in [1.165, 1.54) is 57.8 Å². The molecule has 176 valence electrons. The molecule has 5 aliphatic carbocycles. The highest BCUT2D eigenvalue weighted by Crippen LogP contribution is 2.75. The molecule has 0 unspecified atom stereocenters. The van der Waals surface area contributed by atoms with Gasteiger partial charge in [0.2, 0.25) is 0 Å². The Bertz CT molecular complexity index is 790. The Balaban J connectivity index is 1.57. The average molecular weight is 427 g/mol. The molecule has 0 aromatic heterocycles. The molecule has 8 atom stereocenters. The summed E-state index contributed by atoms with van der Waals surface area (Å²) in [7, 11) is 0. The van der Waals surface area contributed by atoms with Crippen LogP contribution in [0.5, 0.6) is 0 Å². The fraction of sp³-hybridized carbons (Fsp3) is 0.933. The van der Waals surface area contributed by atoms with Gasteiger partial charge in [-0.3, -0.25) is 0 Å².